The first kappa shape index (κ1) is 26.1. The van der Waals surface area contributed by atoms with Crippen molar-refractivity contribution in [3.63, 3.8) is 0 Å². The fourth-order valence-electron chi connectivity index (χ4n) is 4.28. The Balaban J connectivity index is 2.13. The Morgan fingerprint density at radius 1 is 0.971 bits per heavy atom. The van der Waals surface area contributed by atoms with E-state index in [2.05, 4.69) is 18.7 Å². The van der Waals surface area contributed by atoms with E-state index in [1.807, 2.05) is 6.92 Å². The number of likely N-dealkylation sites (tertiary alicyclic amines) is 1. The highest BCUT2D eigenvalue weighted by Crippen LogP contribution is 2.42. The number of carbonyl (C=O) groups is 2. The molecular weight excluding hydrogens is 448 g/mol. The third-order valence-corrected chi connectivity index (χ3v) is 6.26. The summed E-state index contributed by atoms with van der Waals surface area (Å²) in [5.41, 5.74) is 1.13. The Morgan fingerprint density at radius 2 is 1.66 bits per heavy atom. The molecule has 0 bridgehead atoms. The summed E-state index contributed by atoms with van der Waals surface area (Å²) in [5.74, 6) is 0.0983. The molecule has 1 aliphatic heterocycles. The van der Waals surface area contributed by atoms with Gasteiger partial charge in [-0.1, -0.05) is 19.9 Å². The zero-order valence-corrected chi connectivity index (χ0v) is 21.0. The molecule has 0 unspecified atom stereocenters. The van der Waals surface area contributed by atoms with Crippen molar-refractivity contribution in [2.45, 2.75) is 26.8 Å². The summed E-state index contributed by atoms with van der Waals surface area (Å²) < 4.78 is 16.3. The molecule has 1 amide bonds. The number of rotatable bonds is 11. The van der Waals surface area contributed by atoms with Crippen molar-refractivity contribution in [3.8, 4) is 17.2 Å². The van der Waals surface area contributed by atoms with E-state index in [1.165, 1.54) is 12.0 Å². The summed E-state index contributed by atoms with van der Waals surface area (Å²) in [6, 6.07) is 11.3. The summed E-state index contributed by atoms with van der Waals surface area (Å²) in [4.78, 5) is 30.1. The number of Topliss-reactive ketones (excluding diaryl/α,β-unsaturated/α-hetero) is 1. The van der Waals surface area contributed by atoms with E-state index in [0.717, 1.165) is 13.1 Å². The minimum atomic E-state index is -0.766. The SMILES string of the molecule is CCOc1ccc([C@H]2/C(=C(\O)c3ccc(OC)cc3)C(=O)C(=O)N2CCN(CC)CC)cc1OC. The number of benzene rings is 2. The second-order valence-corrected chi connectivity index (χ2v) is 8.09. The number of aliphatic hydroxyl groups excluding tert-OH is 1. The van der Waals surface area contributed by atoms with E-state index in [-0.39, 0.29) is 11.3 Å². The molecule has 2 aromatic carbocycles. The van der Waals surface area contributed by atoms with E-state index in [1.54, 1.807) is 49.6 Å². The maximum atomic E-state index is 13.2. The lowest BCUT2D eigenvalue weighted by Gasteiger charge is -2.28. The van der Waals surface area contributed by atoms with Gasteiger partial charge in [-0.15, -0.1) is 0 Å². The van der Waals surface area contributed by atoms with Gasteiger partial charge in [-0.3, -0.25) is 9.59 Å². The van der Waals surface area contributed by atoms with Crippen LogP contribution in [0.4, 0.5) is 0 Å². The average molecular weight is 483 g/mol. The third kappa shape index (κ3) is 5.43. The molecule has 2 aromatic rings. The first-order valence-electron chi connectivity index (χ1n) is 11.9. The summed E-state index contributed by atoms with van der Waals surface area (Å²) in [7, 11) is 3.09. The van der Waals surface area contributed by atoms with Crippen LogP contribution in [0, 0.1) is 0 Å². The number of nitrogens with zero attached hydrogens (tertiary/aromatic N) is 2. The summed E-state index contributed by atoms with van der Waals surface area (Å²) in [6.07, 6.45) is 0. The van der Waals surface area contributed by atoms with Crippen molar-refractivity contribution in [1.82, 2.24) is 9.80 Å². The topological polar surface area (TPSA) is 88.5 Å². The van der Waals surface area contributed by atoms with Crippen LogP contribution >= 0.6 is 0 Å². The number of hydrogen-bond donors (Lipinski definition) is 1. The van der Waals surface area contributed by atoms with E-state index >= 15 is 0 Å². The van der Waals surface area contributed by atoms with Crippen molar-refractivity contribution in [2.75, 3.05) is 47.0 Å². The van der Waals surface area contributed by atoms with Crippen molar-refractivity contribution >= 4 is 17.4 Å². The van der Waals surface area contributed by atoms with Gasteiger partial charge < -0.3 is 29.1 Å². The minimum Gasteiger partial charge on any atom is -0.507 e. The van der Waals surface area contributed by atoms with E-state index in [0.29, 0.717) is 48.1 Å². The first-order chi connectivity index (χ1) is 16.9. The Morgan fingerprint density at radius 3 is 2.23 bits per heavy atom. The molecule has 0 radical (unpaired) electrons. The first-order valence-corrected chi connectivity index (χ1v) is 11.9. The normalized spacial score (nSPS) is 17.2. The molecule has 1 fully saturated rings. The highest BCUT2D eigenvalue weighted by Gasteiger charge is 2.46. The van der Waals surface area contributed by atoms with Gasteiger partial charge in [0.05, 0.1) is 32.4 Å². The smallest absolute Gasteiger partial charge is 0.295 e. The Bertz CT molecular complexity index is 1080. The van der Waals surface area contributed by atoms with E-state index in [4.69, 9.17) is 14.2 Å². The maximum Gasteiger partial charge on any atom is 0.295 e. The van der Waals surface area contributed by atoms with Gasteiger partial charge in [0, 0.05) is 18.7 Å². The Labute approximate surface area is 206 Å². The van der Waals surface area contributed by atoms with Crippen molar-refractivity contribution in [2.24, 2.45) is 0 Å². The molecule has 1 N–H and O–H groups in total. The van der Waals surface area contributed by atoms with Gasteiger partial charge in [-0.2, -0.15) is 0 Å². The molecule has 0 aliphatic carbocycles. The number of ether oxygens (including phenoxy) is 3. The molecule has 0 spiro atoms. The number of amides is 1. The fourth-order valence-corrected chi connectivity index (χ4v) is 4.28. The molecule has 1 atom stereocenters. The second-order valence-electron chi connectivity index (χ2n) is 8.09. The molecule has 0 saturated carbocycles. The second kappa shape index (κ2) is 11.8. The van der Waals surface area contributed by atoms with Crippen LogP contribution in [0.25, 0.3) is 5.76 Å². The monoisotopic (exact) mass is 482 g/mol. The molecule has 3 rings (SSSR count). The summed E-state index contributed by atoms with van der Waals surface area (Å²) in [6.45, 7) is 9.05. The standard InChI is InChI=1S/C27H34N2O6/c1-6-28(7-2)15-16-29-24(19-11-14-21(35-8-3)22(17-19)34-5)23(26(31)27(29)32)25(30)18-9-12-20(33-4)13-10-18/h9-14,17,24,30H,6-8,15-16H2,1-5H3/b25-23+/t24-/m0/s1. The van der Waals surface area contributed by atoms with Gasteiger partial charge >= 0.3 is 0 Å². The molecule has 1 saturated heterocycles. The molecule has 188 valence electrons. The highest BCUT2D eigenvalue weighted by atomic mass is 16.5. The number of ketones is 1. The number of aliphatic hydroxyl groups is 1. The fraction of sp³-hybridized carbons (Fsp3) is 0.407. The molecule has 8 heteroatoms. The lowest BCUT2D eigenvalue weighted by atomic mass is 9.95. The predicted octanol–water partition coefficient (Wildman–Crippen LogP) is 3.87. The zero-order chi connectivity index (χ0) is 25.5. The minimum absolute atomic E-state index is 0.0472. The lowest BCUT2D eigenvalue weighted by molar-refractivity contribution is -0.140. The lowest BCUT2D eigenvalue weighted by Crippen LogP contribution is -2.38. The van der Waals surface area contributed by atoms with E-state index in [9.17, 15) is 14.7 Å². The highest BCUT2D eigenvalue weighted by molar-refractivity contribution is 6.46. The van der Waals surface area contributed by atoms with Gasteiger partial charge in [0.2, 0.25) is 0 Å². The molecule has 1 heterocycles. The van der Waals surface area contributed by atoms with Gasteiger partial charge in [-0.25, -0.2) is 0 Å². The largest absolute Gasteiger partial charge is 0.507 e. The molecule has 35 heavy (non-hydrogen) atoms. The van der Waals surface area contributed by atoms with Gasteiger partial charge in [0.1, 0.15) is 11.5 Å². The quantitative estimate of drug-likeness (QED) is 0.296. The van der Waals surface area contributed by atoms with Crippen molar-refractivity contribution in [1.29, 1.82) is 0 Å². The molecular formula is C27H34N2O6. The van der Waals surface area contributed by atoms with Gasteiger partial charge in [-0.05, 0) is 62.0 Å². The zero-order valence-electron chi connectivity index (χ0n) is 21.0. The van der Waals surface area contributed by atoms with Crippen LogP contribution in [-0.2, 0) is 9.59 Å². The summed E-state index contributed by atoms with van der Waals surface area (Å²) in [5, 5.41) is 11.2. The van der Waals surface area contributed by atoms with Crippen LogP contribution < -0.4 is 14.2 Å². The van der Waals surface area contributed by atoms with Crippen molar-refractivity contribution < 1.29 is 28.9 Å². The van der Waals surface area contributed by atoms with Crippen LogP contribution in [0.1, 0.15) is 37.9 Å². The number of carbonyl (C=O) groups excluding carboxylic acids is 2. The maximum absolute atomic E-state index is 13.2. The summed E-state index contributed by atoms with van der Waals surface area (Å²) >= 11 is 0. The molecule has 1 aliphatic rings. The van der Waals surface area contributed by atoms with E-state index < -0.39 is 17.7 Å². The Kier molecular flexibility index (Phi) is 8.76. The number of methoxy groups -OCH3 is 2. The molecule has 0 aromatic heterocycles. The number of likely N-dealkylation sites (N-methyl/N-ethyl adjacent to an activating group) is 1. The van der Waals surface area contributed by atoms with Crippen LogP contribution in [0.15, 0.2) is 48.0 Å². The molecule has 8 nitrogen and oxygen atoms in total. The van der Waals surface area contributed by atoms with Crippen LogP contribution in [-0.4, -0.2) is 73.6 Å². The van der Waals surface area contributed by atoms with Gasteiger partial charge in [0.25, 0.3) is 11.7 Å². The van der Waals surface area contributed by atoms with Crippen LogP contribution in [0.5, 0.6) is 17.2 Å². The predicted molar refractivity (Wildman–Crippen MR) is 134 cm³/mol. The van der Waals surface area contributed by atoms with Crippen molar-refractivity contribution in [3.05, 3.63) is 59.2 Å². The Hall–Kier alpha value is -3.52. The number of hydrogen-bond acceptors (Lipinski definition) is 7. The van der Waals surface area contributed by atoms with Crippen LogP contribution in [0.2, 0.25) is 0 Å². The van der Waals surface area contributed by atoms with Gasteiger partial charge in [0.15, 0.2) is 11.5 Å². The average Bonchev–Trinajstić information content (AvgIpc) is 3.14. The van der Waals surface area contributed by atoms with Crippen LogP contribution in [0.3, 0.4) is 0 Å². The third-order valence-electron chi connectivity index (χ3n) is 6.26.